The molecule has 1 N–H and O–H groups in total. The number of benzene rings is 1. The molecule has 0 atom stereocenters. The fourth-order valence-electron chi connectivity index (χ4n) is 3.14. The van der Waals surface area contributed by atoms with E-state index in [4.69, 9.17) is 4.74 Å². The number of hydrogen-bond acceptors (Lipinski definition) is 3. The number of esters is 1. The second-order valence-corrected chi connectivity index (χ2v) is 6.15. The fourth-order valence-corrected chi connectivity index (χ4v) is 3.14. The first-order valence-corrected chi connectivity index (χ1v) is 8.11. The summed E-state index contributed by atoms with van der Waals surface area (Å²) in [5.74, 6) is 0.646. The Bertz CT molecular complexity index is 459. The monoisotopic (exact) mass is 289 g/mol. The lowest BCUT2D eigenvalue weighted by atomic mass is 9.75. The molecule has 0 saturated heterocycles. The molecule has 0 aliphatic heterocycles. The molecule has 1 aliphatic carbocycles. The van der Waals surface area contributed by atoms with E-state index in [9.17, 15) is 4.79 Å². The average molecular weight is 289 g/mol. The molecule has 1 aliphatic rings. The maximum absolute atomic E-state index is 12.5. The van der Waals surface area contributed by atoms with Crippen molar-refractivity contribution < 1.29 is 9.53 Å². The summed E-state index contributed by atoms with van der Waals surface area (Å²) >= 11 is 0. The number of aryl methyl sites for hydroxylation is 1. The summed E-state index contributed by atoms with van der Waals surface area (Å²) in [5, 5.41) is 3.48. The molecule has 0 heterocycles. The molecule has 1 fully saturated rings. The van der Waals surface area contributed by atoms with Crippen molar-refractivity contribution in [2.24, 2.45) is 5.92 Å². The van der Waals surface area contributed by atoms with Gasteiger partial charge in [0.2, 0.25) is 0 Å². The third-order valence-electron chi connectivity index (χ3n) is 4.64. The van der Waals surface area contributed by atoms with Crippen LogP contribution in [0.5, 0.6) is 0 Å². The third kappa shape index (κ3) is 3.78. The van der Waals surface area contributed by atoms with Crippen molar-refractivity contribution in [1.29, 1.82) is 0 Å². The normalized spacial score (nSPS) is 25.4. The quantitative estimate of drug-likeness (QED) is 0.821. The largest absolute Gasteiger partial charge is 0.464 e. The second-order valence-electron chi connectivity index (χ2n) is 6.15. The number of rotatable bonds is 5. The van der Waals surface area contributed by atoms with Crippen molar-refractivity contribution in [3.63, 3.8) is 0 Å². The summed E-state index contributed by atoms with van der Waals surface area (Å²) in [6.07, 6.45) is 5.10. The predicted octanol–water partition coefficient (Wildman–Crippen LogP) is 4.31. The second kappa shape index (κ2) is 6.97. The van der Waals surface area contributed by atoms with Gasteiger partial charge in [0.1, 0.15) is 5.54 Å². The number of hydrogen-bond donors (Lipinski definition) is 1. The minimum absolute atomic E-state index is 0.0971. The predicted molar refractivity (Wildman–Crippen MR) is 86.4 cm³/mol. The Morgan fingerprint density at radius 2 is 1.86 bits per heavy atom. The van der Waals surface area contributed by atoms with Gasteiger partial charge < -0.3 is 10.1 Å². The molecule has 21 heavy (non-hydrogen) atoms. The van der Waals surface area contributed by atoms with E-state index >= 15 is 0 Å². The first-order valence-electron chi connectivity index (χ1n) is 8.11. The Morgan fingerprint density at radius 3 is 2.38 bits per heavy atom. The SMILES string of the molecule is CCOC(=O)C1(Nc2ccc(C)cc2)CCC(CC)CC1. The number of carbonyl (C=O) groups excluding carboxylic acids is 1. The van der Waals surface area contributed by atoms with Crippen LogP contribution in [0.2, 0.25) is 0 Å². The van der Waals surface area contributed by atoms with Gasteiger partial charge in [0.25, 0.3) is 0 Å². The minimum atomic E-state index is -0.545. The van der Waals surface area contributed by atoms with Crippen LogP contribution >= 0.6 is 0 Å². The van der Waals surface area contributed by atoms with Crippen LogP contribution in [0.4, 0.5) is 5.69 Å². The van der Waals surface area contributed by atoms with Crippen LogP contribution in [0.15, 0.2) is 24.3 Å². The molecule has 0 aromatic heterocycles. The van der Waals surface area contributed by atoms with Gasteiger partial charge in [0.15, 0.2) is 0 Å². The lowest BCUT2D eigenvalue weighted by Gasteiger charge is -2.39. The molecule has 1 saturated carbocycles. The van der Waals surface area contributed by atoms with Gasteiger partial charge in [-0.1, -0.05) is 31.0 Å². The Labute approximate surface area is 128 Å². The summed E-state index contributed by atoms with van der Waals surface area (Å²) < 4.78 is 5.35. The van der Waals surface area contributed by atoms with Gasteiger partial charge in [-0.3, -0.25) is 0 Å². The maximum atomic E-state index is 12.5. The summed E-state index contributed by atoms with van der Waals surface area (Å²) in [4.78, 5) is 12.5. The maximum Gasteiger partial charge on any atom is 0.331 e. The standard InChI is InChI=1S/C18H27NO2/c1-4-15-10-12-18(13-11-15,17(20)21-5-2)19-16-8-6-14(3)7-9-16/h6-9,15,19H,4-5,10-13H2,1-3H3. The van der Waals surface area contributed by atoms with Crippen LogP contribution in [0, 0.1) is 12.8 Å². The topological polar surface area (TPSA) is 38.3 Å². The first-order chi connectivity index (χ1) is 10.1. The van der Waals surface area contributed by atoms with Crippen molar-refractivity contribution in [1.82, 2.24) is 0 Å². The van der Waals surface area contributed by atoms with Crippen molar-refractivity contribution >= 4 is 11.7 Å². The minimum Gasteiger partial charge on any atom is -0.464 e. The number of anilines is 1. The number of carbonyl (C=O) groups is 1. The summed E-state index contributed by atoms with van der Waals surface area (Å²) in [7, 11) is 0. The molecular weight excluding hydrogens is 262 g/mol. The van der Waals surface area contributed by atoms with E-state index in [1.54, 1.807) is 0 Å². The Hall–Kier alpha value is -1.51. The van der Waals surface area contributed by atoms with Crippen molar-refractivity contribution in [2.75, 3.05) is 11.9 Å². The highest BCUT2D eigenvalue weighted by Crippen LogP contribution is 2.37. The lowest BCUT2D eigenvalue weighted by Crippen LogP contribution is -2.50. The summed E-state index contributed by atoms with van der Waals surface area (Å²) in [6, 6.07) is 8.22. The molecule has 3 nitrogen and oxygen atoms in total. The van der Waals surface area contributed by atoms with Gasteiger partial charge in [-0.2, -0.15) is 0 Å². The first kappa shape index (κ1) is 15.9. The molecule has 3 heteroatoms. The highest BCUT2D eigenvalue weighted by Gasteiger charge is 2.42. The zero-order chi connectivity index (χ0) is 15.3. The lowest BCUT2D eigenvalue weighted by molar-refractivity contribution is -0.150. The van der Waals surface area contributed by atoms with Gasteiger partial charge in [0.05, 0.1) is 6.61 Å². The zero-order valence-electron chi connectivity index (χ0n) is 13.4. The summed E-state index contributed by atoms with van der Waals surface area (Å²) in [5.41, 5.74) is 1.68. The Morgan fingerprint density at radius 1 is 1.24 bits per heavy atom. The Kier molecular flexibility index (Phi) is 5.27. The highest BCUT2D eigenvalue weighted by atomic mass is 16.5. The summed E-state index contributed by atoms with van der Waals surface area (Å²) in [6.45, 7) is 6.61. The molecule has 0 spiro atoms. The number of nitrogens with one attached hydrogen (secondary N) is 1. The molecule has 1 aromatic rings. The van der Waals surface area contributed by atoms with Gasteiger partial charge in [-0.25, -0.2) is 4.79 Å². The van der Waals surface area contributed by atoms with Crippen LogP contribution in [0.3, 0.4) is 0 Å². The van der Waals surface area contributed by atoms with E-state index in [1.807, 2.05) is 19.1 Å². The van der Waals surface area contributed by atoms with E-state index in [-0.39, 0.29) is 5.97 Å². The van der Waals surface area contributed by atoms with E-state index in [1.165, 1.54) is 12.0 Å². The number of ether oxygens (including phenoxy) is 1. The van der Waals surface area contributed by atoms with Gasteiger partial charge in [0, 0.05) is 5.69 Å². The van der Waals surface area contributed by atoms with Crippen LogP contribution in [-0.2, 0) is 9.53 Å². The molecule has 0 unspecified atom stereocenters. The molecule has 116 valence electrons. The fraction of sp³-hybridized carbons (Fsp3) is 0.611. The smallest absolute Gasteiger partial charge is 0.331 e. The molecule has 0 amide bonds. The zero-order valence-corrected chi connectivity index (χ0v) is 13.4. The van der Waals surface area contributed by atoms with Crippen LogP contribution in [-0.4, -0.2) is 18.1 Å². The van der Waals surface area contributed by atoms with Gasteiger partial charge in [-0.15, -0.1) is 0 Å². The molecular formula is C18H27NO2. The highest BCUT2D eigenvalue weighted by molar-refractivity contribution is 5.84. The van der Waals surface area contributed by atoms with E-state index in [0.717, 1.165) is 37.3 Å². The van der Waals surface area contributed by atoms with Crippen molar-refractivity contribution in [3.8, 4) is 0 Å². The van der Waals surface area contributed by atoms with Crippen molar-refractivity contribution in [2.45, 2.75) is 58.4 Å². The van der Waals surface area contributed by atoms with E-state index in [2.05, 4.69) is 31.3 Å². The van der Waals surface area contributed by atoms with Crippen molar-refractivity contribution in [3.05, 3.63) is 29.8 Å². The molecule has 1 aromatic carbocycles. The molecule has 2 rings (SSSR count). The van der Waals surface area contributed by atoms with Crippen LogP contribution in [0.1, 0.15) is 51.5 Å². The average Bonchev–Trinajstić information content (AvgIpc) is 2.50. The molecule has 0 radical (unpaired) electrons. The third-order valence-corrected chi connectivity index (χ3v) is 4.64. The van der Waals surface area contributed by atoms with E-state index in [0.29, 0.717) is 6.61 Å². The van der Waals surface area contributed by atoms with Gasteiger partial charge in [-0.05, 0) is 57.6 Å². The van der Waals surface area contributed by atoms with E-state index < -0.39 is 5.54 Å². The molecule has 0 bridgehead atoms. The van der Waals surface area contributed by atoms with Crippen LogP contribution < -0.4 is 5.32 Å². The van der Waals surface area contributed by atoms with Gasteiger partial charge >= 0.3 is 5.97 Å². The Balaban J connectivity index is 2.16. The van der Waals surface area contributed by atoms with Crippen LogP contribution in [0.25, 0.3) is 0 Å².